The molecule has 1 saturated heterocycles. The summed E-state index contributed by atoms with van der Waals surface area (Å²) in [6, 6.07) is 2.15. The van der Waals surface area contributed by atoms with E-state index in [1.165, 1.54) is 19.3 Å². The average molecular weight is 367 g/mol. The first-order chi connectivity index (χ1) is 12.1. The van der Waals surface area contributed by atoms with E-state index in [1.807, 2.05) is 4.90 Å². The molecule has 1 unspecified atom stereocenters. The average Bonchev–Trinajstić information content (AvgIpc) is 3.10. The van der Waals surface area contributed by atoms with Crippen molar-refractivity contribution in [3.8, 4) is 5.88 Å². The molecule has 2 aliphatic rings. The molecular formula is C19H27ClN2O3. The maximum Gasteiger partial charge on any atom is 0.255 e. The fraction of sp³-hybridized carbons (Fsp3) is 0.684. The van der Waals surface area contributed by atoms with Crippen molar-refractivity contribution in [2.45, 2.75) is 70.6 Å². The molecule has 138 valence electrons. The van der Waals surface area contributed by atoms with Gasteiger partial charge in [-0.15, -0.1) is 0 Å². The van der Waals surface area contributed by atoms with E-state index in [4.69, 9.17) is 21.1 Å². The first-order valence-electron chi connectivity index (χ1n) is 9.29. The van der Waals surface area contributed by atoms with Crippen molar-refractivity contribution in [2.75, 3.05) is 13.2 Å². The molecule has 1 atom stereocenters. The molecule has 1 amide bonds. The Kier molecular flexibility index (Phi) is 6.18. The lowest BCUT2D eigenvalue weighted by atomic mass is 9.93. The first kappa shape index (κ1) is 18.5. The van der Waals surface area contributed by atoms with Crippen molar-refractivity contribution in [3.63, 3.8) is 0 Å². The molecule has 0 bridgehead atoms. The van der Waals surface area contributed by atoms with Crippen LogP contribution in [0.2, 0.25) is 5.02 Å². The molecule has 3 rings (SSSR count). The molecule has 1 saturated carbocycles. The predicted molar refractivity (Wildman–Crippen MR) is 97.3 cm³/mol. The Morgan fingerprint density at radius 1 is 1.32 bits per heavy atom. The van der Waals surface area contributed by atoms with Gasteiger partial charge in [0.1, 0.15) is 11.1 Å². The maximum atomic E-state index is 13.1. The van der Waals surface area contributed by atoms with Crippen molar-refractivity contribution in [1.29, 1.82) is 0 Å². The molecule has 0 N–H and O–H groups in total. The van der Waals surface area contributed by atoms with E-state index in [9.17, 15) is 4.79 Å². The molecule has 1 aliphatic carbocycles. The highest BCUT2D eigenvalue weighted by Gasteiger charge is 2.29. The fourth-order valence-corrected chi connectivity index (χ4v) is 3.93. The zero-order valence-corrected chi connectivity index (χ0v) is 15.8. The van der Waals surface area contributed by atoms with Gasteiger partial charge in [-0.25, -0.2) is 4.98 Å². The standard InChI is InChI=1S/C19H27ClN2O3/c1-13(2)22(15-6-4-3-5-7-15)19(23)14-10-17(20)18(21-11-14)25-16-8-9-24-12-16/h10-11,13,15-16H,3-9,12H2,1-2H3. The summed E-state index contributed by atoms with van der Waals surface area (Å²) in [5.74, 6) is 0.384. The summed E-state index contributed by atoms with van der Waals surface area (Å²) in [5.41, 5.74) is 0.527. The Balaban J connectivity index is 1.74. The van der Waals surface area contributed by atoms with Crippen LogP contribution in [0.15, 0.2) is 12.3 Å². The van der Waals surface area contributed by atoms with Gasteiger partial charge in [-0.3, -0.25) is 4.79 Å². The van der Waals surface area contributed by atoms with Crippen LogP contribution >= 0.6 is 11.6 Å². The van der Waals surface area contributed by atoms with Gasteiger partial charge in [-0.05, 0) is 32.8 Å². The number of aromatic nitrogens is 1. The third-order valence-corrected chi connectivity index (χ3v) is 5.25. The largest absolute Gasteiger partial charge is 0.471 e. The highest BCUT2D eigenvalue weighted by molar-refractivity contribution is 6.32. The van der Waals surface area contributed by atoms with E-state index in [-0.39, 0.29) is 18.1 Å². The third-order valence-electron chi connectivity index (χ3n) is 4.98. The molecule has 1 aromatic rings. The Morgan fingerprint density at radius 2 is 2.08 bits per heavy atom. The molecule has 1 aromatic heterocycles. The minimum atomic E-state index is -0.0130. The number of pyridine rings is 1. The van der Waals surface area contributed by atoms with Crippen molar-refractivity contribution >= 4 is 17.5 Å². The number of amides is 1. The summed E-state index contributed by atoms with van der Waals surface area (Å²) >= 11 is 6.32. The predicted octanol–water partition coefficient (Wildman–Crippen LogP) is 4.09. The number of nitrogens with zero attached hydrogens (tertiary/aromatic N) is 2. The van der Waals surface area contributed by atoms with Crippen LogP contribution < -0.4 is 4.74 Å². The van der Waals surface area contributed by atoms with Crippen LogP contribution in [0.5, 0.6) is 5.88 Å². The van der Waals surface area contributed by atoms with Crippen LogP contribution in [0, 0.1) is 0 Å². The minimum absolute atomic E-state index is 0.00653. The number of hydrogen-bond donors (Lipinski definition) is 0. The summed E-state index contributed by atoms with van der Waals surface area (Å²) < 4.78 is 11.1. The van der Waals surface area contributed by atoms with Gasteiger partial charge >= 0.3 is 0 Å². The quantitative estimate of drug-likeness (QED) is 0.787. The van der Waals surface area contributed by atoms with Gasteiger partial charge < -0.3 is 14.4 Å². The van der Waals surface area contributed by atoms with Crippen LogP contribution in [0.1, 0.15) is 62.7 Å². The molecule has 0 spiro atoms. The van der Waals surface area contributed by atoms with E-state index in [0.29, 0.717) is 35.7 Å². The topological polar surface area (TPSA) is 51.7 Å². The normalized spacial score (nSPS) is 21.5. The lowest BCUT2D eigenvalue weighted by molar-refractivity contribution is 0.0554. The number of carbonyl (C=O) groups is 1. The van der Waals surface area contributed by atoms with Gasteiger partial charge in [0.05, 0.1) is 18.8 Å². The highest BCUT2D eigenvalue weighted by atomic mass is 35.5. The van der Waals surface area contributed by atoms with E-state index in [1.54, 1.807) is 12.3 Å². The number of halogens is 1. The van der Waals surface area contributed by atoms with Crippen LogP contribution in [0.25, 0.3) is 0 Å². The summed E-state index contributed by atoms with van der Waals surface area (Å²) in [4.78, 5) is 19.4. The zero-order chi connectivity index (χ0) is 17.8. The molecule has 25 heavy (non-hydrogen) atoms. The second-order valence-corrected chi connectivity index (χ2v) is 7.62. The fourth-order valence-electron chi connectivity index (χ4n) is 3.72. The van der Waals surface area contributed by atoms with Gasteiger partial charge in [-0.1, -0.05) is 30.9 Å². The van der Waals surface area contributed by atoms with Crippen LogP contribution in [0.4, 0.5) is 0 Å². The maximum absolute atomic E-state index is 13.1. The van der Waals surface area contributed by atoms with E-state index < -0.39 is 0 Å². The SMILES string of the molecule is CC(C)N(C(=O)c1cnc(OC2CCOC2)c(Cl)c1)C1CCCCC1. The summed E-state index contributed by atoms with van der Waals surface area (Å²) in [7, 11) is 0. The van der Waals surface area contributed by atoms with Crippen molar-refractivity contribution < 1.29 is 14.3 Å². The van der Waals surface area contributed by atoms with Crippen molar-refractivity contribution in [1.82, 2.24) is 9.88 Å². The summed E-state index contributed by atoms with van der Waals surface area (Å²) in [6.45, 7) is 5.39. The van der Waals surface area contributed by atoms with Crippen LogP contribution in [-0.2, 0) is 4.74 Å². The minimum Gasteiger partial charge on any atom is -0.471 e. The lowest BCUT2D eigenvalue weighted by Crippen LogP contribution is -2.45. The smallest absolute Gasteiger partial charge is 0.255 e. The van der Waals surface area contributed by atoms with Gasteiger partial charge in [0.2, 0.25) is 5.88 Å². The first-order valence-corrected chi connectivity index (χ1v) is 9.66. The van der Waals surface area contributed by atoms with E-state index >= 15 is 0 Å². The lowest BCUT2D eigenvalue weighted by Gasteiger charge is -2.37. The molecule has 2 fully saturated rings. The molecule has 0 aromatic carbocycles. The van der Waals surface area contributed by atoms with Crippen LogP contribution in [-0.4, -0.2) is 47.2 Å². The zero-order valence-electron chi connectivity index (χ0n) is 15.0. The second-order valence-electron chi connectivity index (χ2n) is 7.21. The Bertz CT molecular complexity index is 596. The van der Waals surface area contributed by atoms with Gasteiger partial charge in [0.15, 0.2) is 0 Å². The molecule has 6 heteroatoms. The Morgan fingerprint density at radius 3 is 2.68 bits per heavy atom. The number of carbonyl (C=O) groups excluding carboxylic acids is 1. The monoisotopic (exact) mass is 366 g/mol. The molecule has 2 heterocycles. The second kappa shape index (κ2) is 8.37. The molecule has 0 radical (unpaired) electrons. The molecule has 1 aliphatic heterocycles. The van der Waals surface area contributed by atoms with Crippen LogP contribution in [0.3, 0.4) is 0 Å². The number of hydrogen-bond acceptors (Lipinski definition) is 4. The number of rotatable bonds is 5. The third kappa shape index (κ3) is 4.45. The van der Waals surface area contributed by atoms with Crippen molar-refractivity contribution in [3.05, 3.63) is 22.8 Å². The molecule has 5 nitrogen and oxygen atoms in total. The van der Waals surface area contributed by atoms with Gasteiger partial charge in [0.25, 0.3) is 5.91 Å². The van der Waals surface area contributed by atoms with E-state index in [2.05, 4.69) is 18.8 Å². The summed E-state index contributed by atoms with van der Waals surface area (Å²) in [6.07, 6.45) is 8.20. The van der Waals surface area contributed by atoms with Gasteiger partial charge in [-0.2, -0.15) is 0 Å². The highest BCUT2D eigenvalue weighted by Crippen LogP contribution is 2.29. The Labute approximate surface area is 154 Å². The number of ether oxygens (including phenoxy) is 2. The van der Waals surface area contributed by atoms with Gasteiger partial charge in [0, 0.05) is 24.7 Å². The summed E-state index contributed by atoms with van der Waals surface area (Å²) in [5, 5.41) is 0.380. The molecular weight excluding hydrogens is 340 g/mol. The van der Waals surface area contributed by atoms with E-state index in [0.717, 1.165) is 19.3 Å². The van der Waals surface area contributed by atoms with Crippen molar-refractivity contribution in [2.24, 2.45) is 0 Å². The Hall–Kier alpha value is -1.33.